The first-order chi connectivity index (χ1) is 15.9. The zero-order chi connectivity index (χ0) is 23.8. The van der Waals surface area contributed by atoms with Crippen LogP contribution in [-0.2, 0) is 16.1 Å². The number of nitrogens with two attached hydrogens (primary N) is 1. The Kier molecular flexibility index (Phi) is 8.15. The molecule has 1 heterocycles. The highest BCUT2D eigenvalue weighted by atomic mass is 35.5. The molecule has 0 aliphatic heterocycles. The standard InChI is InChI=1S/C23H25ClN6O3/c1-3-14(2)19(29-20(31)15-9-11-16(24)12-10-15)21(32)33-13-18-27-22(25)30-23(28-18)26-17-7-5-4-6-8-17/h4-12,14,19H,3,13H2,1-2H3,(H,29,31)(H3,25,26,27,28,30)/t14-,19-/m0/s1. The molecular weight excluding hydrogens is 444 g/mol. The highest BCUT2D eigenvalue weighted by molar-refractivity contribution is 6.30. The molecule has 0 bridgehead atoms. The van der Waals surface area contributed by atoms with Crippen molar-refractivity contribution in [3.8, 4) is 0 Å². The molecule has 1 amide bonds. The molecule has 4 N–H and O–H groups in total. The smallest absolute Gasteiger partial charge is 0.329 e. The van der Waals surface area contributed by atoms with E-state index in [0.29, 0.717) is 17.0 Å². The predicted octanol–water partition coefficient (Wildman–Crippen LogP) is 3.74. The number of carbonyl (C=O) groups excluding carboxylic acids is 2. The highest BCUT2D eigenvalue weighted by Crippen LogP contribution is 2.15. The van der Waals surface area contributed by atoms with Gasteiger partial charge in [0, 0.05) is 16.3 Å². The maximum atomic E-state index is 12.8. The van der Waals surface area contributed by atoms with E-state index < -0.39 is 17.9 Å². The molecular formula is C23H25ClN6O3. The SMILES string of the molecule is CC[C@H](C)[C@H](NC(=O)c1ccc(Cl)cc1)C(=O)OCc1nc(N)nc(Nc2ccccc2)n1. The van der Waals surface area contributed by atoms with Crippen LogP contribution in [0.2, 0.25) is 5.02 Å². The number of nitrogen functional groups attached to an aromatic ring is 1. The number of benzene rings is 2. The third-order valence-electron chi connectivity index (χ3n) is 4.93. The third kappa shape index (κ3) is 6.88. The molecule has 10 heteroatoms. The molecule has 0 spiro atoms. The number of hydrogen-bond acceptors (Lipinski definition) is 8. The van der Waals surface area contributed by atoms with Crippen LogP contribution in [0.25, 0.3) is 0 Å². The maximum Gasteiger partial charge on any atom is 0.329 e. The summed E-state index contributed by atoms with van der Waals surface area (Å²) in [7, 11) is 0. The Morgan fingerprint density at radius 2 is 1.76 bits per heavy atom. The zero-order valence-electron chi connectivity index (χ0n) is 18.3. The van der Waals surface area contributed by atoms with Gasteiger partial charge in [-0.05, 0) is 42.3 Å². The number of halogens is 1. The fraction of sp³-hybridized carbons (Fsp3) is 0.261. The highest BCUT2D eigenvalue weighted by Gasteiger charge is 2.28. The molecule has 172 valence electrons. The molecule has 9 nitrogen and oxygen atoms in total. The number of para-hydroxylation sites is 1. The van der Waals surface area contributed by atoms with Crippen molar-refractivity contribution in [1.82, 2.24) is 20.3 Å². The van der Waals surface area contributed by atoms with E-state index in [-0.39, 0.29) is 30.2 Å². The number of amides is 1. The fourth-order valence-corrected chi connectivity index (χ4v) is 3.06. The second-order valence-corrected chi connectivity index (χ2v) is 7.81. The number of hydrogen-bond donors (Lipinski definition) is 3. The van der Waals surface area contributed by atoms with E-state index in [1.165, 1.54) is 0 Å². The van der Waals surface area contributed by atoms with Crippen molar-refractivity contribution in [3.05, 3.63) is 71.0 Å². The number of anilines is 3. The van der Waals surface area contributed by atoms with E-state index in [2.05, 4.69) is 25.6 Å². The van der Waals surface area contributed by atoms with Gasteiger partial charge in [-0.2, -0.15) is 15.0 Å². The minimum atomic E-state index is -0.848. The molecule has 0 aliphatic carbocycles. The molecule has 1 aromatic heterocycles. The molecule has 33 heavy (non-hydrogen) atoms. The average molecular weight is 469 g/mol. The Hall–Kier alpha value is -3.72. The summed E-state index contributed by atoms with van der Waals surface area (Å²) in [6.45, 7) is 3.56. The second kappa shape index (κ2) is 11.2. The van der Waals surface area contributed by atoms with Gasteiger partial charge in [-0.1, -0.05) is 50.1 Å². The first-order valence-electron chi connectivity index (χ1n) is 10.4. The van der Waals surface area contributed by atoms with Crippen molar-refractivity contribution in [2.24, 2.45) is 5.92 Å². The molecule has 0 aliphatic rings. The summed E-state index contributed by atoms with van der Waals surface area (Å²) in [4.78, 5) is 37.8. The minimum Gasteiger partial charge on any atom is -0.456 e. The van der Waals surface area contributed by atoms with Crippen LogP contribution in [0.5, 0.6) is 0 Å². The van der Waals surface area contributed by atoms with E-state index >= 15 is 0 Å². The van der Waals surface area contributed by atoms with E-state index in [0.717, 1.165) is 5.69 Å². The maximum absolute atomic E-state index is 12.8. The topological polar surface area (TPSA) is 132 Å². The summed E-state index contributed by atoms with van der Waals surface area (Å²) >= 11 is 5.88. The van der Waals surface area contributed by atoms with Crippen molar-refractivity contribution in [2.45, 2.75) is 32.9 Å². The summed E-state index contributed by atoms with van der Waals surface area (Å²) in [6, 6.07) is 14.9. The molecule has 3 rings (SSSR count). The van der Waals surface area contributed by atoms with Gasteiger partial charge in [-0.3, -0.25) is 4.79 Å². The fourth-order valence-electron chi connectivity index (χ4n) is 2.93. The largest absolute Gasteiger partial charge is 0.456 e. The van der Waals surface area contributed by atoms with Crippen molar-refractivity contribution < 1.29 is 14.3 Å². The van der Waals surface area contributed by atoms with Crippen LogP contribution in [0.4, 0.5) is 17.6 Å². The van der Waals surface area contributed by atoms with Crippen molar-refractivity contribution in [2.75, 3.05) is 11.1 Å². The van der Waals surface area contributed by atoms with E-state index in [9.17, 15) is 9.59 Å². The zero-order valence-corrected chi connectivity index (χ0v) is 19.0. The number of rotatable bonds is 9. The number of ether oxygens (including phenoxy) is 1. The number of carbonyl (C=O) groups is 2. The summed E-state index contributed by atoms with van der Waals surface area (Å²) in [5.74, 6) is -0.747. The summed E-state index contributed by atoms with van der Waals surface area (Å²) in [5.41, 5.74) is 6.94. The Bertz CT molecular complexity index is 1100. The summed E-state index contributed by atoms with van der Waals surface area (Å²) in [6.07, 6.45) is 0.657. The van der Waals surface area contributed by atoms with E-state index in [1.54, 1.807) is 24.3 Å². The number of nitrogens with one attached hydrogen (secondary N) is 2. The Labute approximate surface area is 196 Å². The first kappa shape index (κ1) is 23.9. The van der Waals surface area contributed by atoms with Crippen molar-refractivity contribution in [1.29, 1.82) is 0 Å². The van der Waals surface area contributed by atoms with Gasteiger partial charge < -0.3 is 21.1 Å². The lowest BCUT2D eigenvalue weighted by atomic mass is 9.99. The molecule has 0 saturated carbocycles. The molecule has 0 radical (unpaired) electrons. The lowest BCUT2D eigenvalue weighted by molar-refractivity contribution is -0.148. The van der Waals surface area contributed by atoms with Crippen LogP contribution < -0.4 is 16.4 Å². The Balaban J connectivity index is 1.67. The number of nitrogens with zero attached hydrogens (tertiary/aromatic N) is 3. The summed E-state index contributed by atoms with van der Waals surface area (Å²) < 4.78 is 5.42. The van der Waals surface area contributed by atoms with E-state index in [4.69, 9.17) is 22.1 Å². The Morgan fingerprint density at radius 3 is 2.42 bits per heavy atom. The molecule has 2 aromatic carbocycles. The third-order valence-corrected chi connectivity index (χ3v) is 5.18. The van der Waals surface area contributed by atoms with Crippen molar-refractivity contribution in [3.63, 3.8) is 0 Å². The van der Waals surface area contributed by atoms with Crippen LogP contribution >= 0.6 is 11.6 Å². The van der Waals surface area contributed by atoms with Gasteiger partial charge >= 0.3 is 5.97 Å². The molecule has 2 atom stereocenters. The minimum absolute atomic E-state index is 0.0102. The first-order valence-corrected chi connectivity index (χ1v) is 10.8. The predicted molar refractivity (Wildman–Crippen MR) is 126 cm³/mol. The van der Waals surface area contributed by atoms with Gasteiger partial charge in [0.1, 0.15) is 6.04 Å². The van der Waals surface area contributed by atoms with E-state index in [1.807, 2.05) is 44.2 Å². The molecule has 0 fully saturated rings. The van der Waals surface area contributed by atoms with Crippen LogP contribution in [0.3, 0.4) is 0 Å². The van der Waals surface area contributed by atoms with Gasteiger partial charge in [0.25, 0.3) is 5.91 Å². The van der Waals surface area contributed by atoms with Crippen LogP contribution in [-0.4, -0.2) is 32.9 Å². The molecule has 3 aromatic rings. The van der Waals surface area contributed by atoms with Gasteiger partial charge in [-0.25, -0.2) is 4.79 Å². The normalized spacial score (nSPS) is 12.5. The van der Waals surface area contributed by atoms with Gasteiger partial charge in [0.15, 0.2) is 12.4 Å². The van der Waals surface area contributed by atoms with Gasteiger partial charge in [0.05, 0.1) is 0 Å². The van der Waals surface area contributed by atoms with Crippen LogP contribution in [0.15, 0.2) is 54.6 Å². The number of esters is 1. The lowest BCUT2D eigenvalue weighted by Gasteiger charge is -2.22. The second-order valence-electron chi connectivity index (χ2n) is 7.38. The Morgan fingerprint density at radius 1 is 1.06 bits per heavy atom. The molecule has 0 saturated heterocycles. The average Bonchev–Trinajstić information content (AvgIpc) is 2.81. The lowest BCUT2D eigenvalue weighted by Crippen LogP contribution is -2.46. The van der Waals surface area contributed by atoms with Crippen LogP contribution in [0, 0.1) is 5.92 Å². The summed E-state index contributed by atoms with van der Waals surface area (Å²) in [5, 5.41) is 6.29. The van der Waals surface area contributed by atoms with Crippen molar-refractivity contribution >= 4 is 41.1 Å². The monoisotopic (exact) mass is 468 g/mol. The van der Waals surface area contributed by atoms with Gasteiger partial charge in [-0.15, -0.1) is 0 Å². The molecule has 0 unspecified atom stereocenters. The number of aromatic nitrogens is 3. The van der Waals surface area contributed by atoms with Gasteiger partial charge in [0.2, 0.25) is 11.9 Å². The van der Waals surface area contributed by atoms with Crippen LogP contribution in [0.1, 0.15) is 36.5 Å². The quantitative estimate of drug-likeness (QED) is 0.404.